The number of para-hydroxylation sites is 1. The van der Waals surface area contributed by atoms with Gasteiger partial charge >= 0.3 is 0 Å². The highest BCUT2D eigenvalue weighted by Crippen LogP contribution is 2.26. The van der Waals surface area contributed by atoms with Gasteiger partial charge in [0.1, 0.15) is 5.75 Å². The lowest BCUT2D eigenvalue weighted by Crippen LogP contribution is -1.88. The highest BCUT2D eigenvalue weighted by molar-refractivity contribution is 6.32. The molecule has 2 rings (SSSR count). The number of rotatable bonds is 2. The molecule has 0 aliphatic carbocycles. The molecule has 2 aromatic rings. The molecule has 0 bridgehead atoms. The summed E-state index contributed by atoms with van der Waals surface area (Å²) in [4.78, 5) is 7.85. The van der Waals surface area contributed by atoms with E-state index >= 15 is 0 Å². The monoisotopic (exact) mass is 206 g/mol. The zero-order valence-electron chi connectivity index (χ0n) is 7.22. The number of halogens is 1. The third-order valence-electron chi connectivity index (χ3n) is 1.59. The molecule has 0 aliphatic heterocycles. The Kier molecular flexibility index (Phi) is 2.60. The van der Waals surface area contributed by atoms with Gasteiger partial charge < -0.3 is 4.74 Å². The maximum absolute atomic E-state index is 5.90. The van der Waals surface area contributed by atoms with E-state index in [9.17, 15) is 0 Å². The van der Waals surface area contributed by atoms with Gasteiger partial charge in [0.05, 0.1) is 11.2 Å². The summed E-state index contributed by atoms with van der Waals surface area (Å²) in [5.74, 6) is 1.01. The topological polar surface area (TPSA) is 35.0 Å². The summed E-state index contributed by atoms with van der Waals surface area (Å²) in [5.41, 5.74) is 0. The van der Waals surface area contributed by atoms with E-state index in [0.29, 0.717) is 16.7 Å². The van der Waals surface area contributed by atoms with Gasteiger partial charge in [0.2, 0.25) is 5.88 Å². The highest BCUT2D eigenvalue weighted by atomic mass is 35.5. The molecule has 14 heavy (non-hydrogen) atoms. The van der Waals surface area contributed by atoms with Gasteiger partial charge in [0, 0.05) is 12.4 Å². The number of hydrogen-bond donors (Lipinski definition) is 0. The second-order valence-corrected chi connectivity index (χ2v) is 2.98. The maximum atomic E-state index is 5.90. The Morgan fingerprint density at radius 1 is 1.14 bits per heavy atom. The van der Waals surface area contributed by atoms with Gasteiger partial charge in [-0.25, -0.2) is 4.98 Å². The van der Waals surface area contributed by atoms with Crippen molar-refractivity contribution in [2.75, 3.05) is 0 Å². The van der Waals surface area contributed by atoms with Crippen LogP contribution in [0.2, 0.25) is 5.02 Å². The third kappa shape index (κ3) is 2.00. The molecule has 0 aliphatic rings. The fraction of sp³-hybridized carbons (Fsp3) is 0. The first-order valence-electron chi connectivity index (χ1n) is 4.04. The first-order chi connectivity index (χ1) is 6.86. The Labute approximate surface area is 86.3 Å². The molecule has 0 saturated heterocycles. The van der Waals surface area contributed by atoms with E-state index in [2.05, 4.69) is 9.97 Å². The fourth-order valence-corrected chi connectivity index (χ4v) is 1.15. The molecule has 1 heterocycles. The van der Waals surface area contributed by atoms with Crippen molar-refractivity contribution in [3.05, 3.63) is 47.9 Å². The molecule has 0 fully saturated rings. The van der Waals surface area contributed by atoms with Crippen molar-refractivity contribution in [3.63, 3.8) is 0 Å². The van der Waals surface area contributed by atoms with Gasteiger partial charge in [-0.1, -0.05) is 23.7 Å². The van der Waals surface area contributed by atoms with Crippen LogP contribution in [0.15, 0.2) is 42.9 Å². The van der Waals surface area contributed by atoms with Crippen molar-refractivity contribution in [2.45, 2.75) is 0 Å². The van der Waals surface area contributed by atoms with E-state index in [-0.39, 0.29) is 0 Å². The van der Waals surface area contributed by atoms with Crippen LogP contribution in [0.4, 0.5) is 0 Å². The minimum atomic E-state index is 0.431. The van der Waals surface area contributed by atoms with Gasteiger partial charge in [0.25, 0.3) is 0 Å². The maximum Gasteiger partial charge on any atom is 0.237 e. The van der Waals surface area contributed by atoms with Crippen LogP contribution in [0.5, 0.6) is 11.6 Å². The zero-order valence-corrected chi connectivity index (χ0v) is 7.98. The number of aromatic nitrogens is 2. The lowest BCUT2D eigenvalue weighted by Gasteiger charge is -2.04. The molecule has 0 amide bonds. The number of nitrogens with zero attached hydrogens (tertiary/aromatic N) is 2. The molecule has 0 atom stereocenters. The SMILES string of the molecule is Clc1ccccc1Oc1cnccn1. The molecule has 70 valence electrons. The van der Waals surface area contributed by atoms with Gasteiger partial charge in [-0.3, -0.25) is 4.98 Å². The molecular formula is C10H7ClN2O. The van der Waals surface area contributed by atoms with Crippen molar-refractivity contribution in [2.24, 2.45) is 0 Å². The molecule has 0 spiro atoms. The molecule has 0 N–H and O–H groups in total. The largest absolute Gasteiger partial charge is 0.436 e. The van der Waals surface area contributed by atoms with Crippen LogP contribution >= 0.6 is 11.6 Å². The molecule has 1 aromatic heterocycles. The lowest BCUT2D eigenvalue weighted by atomic mass is 10.3. The Morgan fingerprint density at radius 2 is 2.00 bits per heavy atom. The fourth-order valence-electron chi connectivity index (χ4n) is 0.978. The minimum Gasteiger partial charge on any atom is -0.436 e. The van der Waals surface area contributed by atoms with Crippen LogP contribution in [0, 0.1) is 0 Å². The Bertz CT molecular complexity index is 419. The second kappa shape index (κ2) is 4.07. The molecule has 0 saturated carbocycles. The summed E-state index contributed by atoms with van der Waals surface area (Å²) in [6.45, 7) is 0. The molecule has 0 radical (unpaired) electrons. The minimum absolute atomic E-state index is 0.431. The average molecular weight is 207 g/mol. The highest BCUT2D eigenvalue weighted by Gasteiger charge is 2.01. The van der Waals surface area contributed by atoms with E-state index in [1.165, 1.54) is 6.20 Å². The quantitative estimate of drug-likeness (QED) is 0.758. The average Bonchev–Trinajstić information content (AvgIpc) is 2.23. The van der Waals surface area contributed by atoms with Gasteiger partial charge in [-0.15, -0.1) is 0 Å². The Balaban J connectivity index is 2.24. The molecule has 3 nitrogen and oxygen atoms in total. The van der Waals surface area contributed by atoms with Crippen molar-refractivity contribution >= 4 is 11.6 Å². The van der Waals surface area contributed by atoms with Crippen molar-refractivity contribution < 1.29 is 4.74 Å². The Morgan fingerprint density at radius 3 is 2.71 bits per heavy atom. The number of hydrogen-bond acceptors (Lipinski definition) is 3. The molecular weight excluding hydrogens is 200 g/mol. The van der Waals surface area contributed by atoms with Crippen molar-refractivity contribution in [1.29, 1.82) is 0 Å². The second-order valence-electron chi connectivity index (χ2n) is 2.58. The summed E-state index contributed by atoms with van der Waals surface area (Å²) in [5, 5.41) is 0.554. The van der Waals surface area contributed by atoms with Gasteiger partial charge in [0.15, 0.2) is 0 Å². The van der Waals surface area contributed by atoms with Crippen LogP contribution in [-0.2, 0) is 0 Å². The number of ether oxygens (including phenoxy) is 1. The van der Waals surface area contributed by atoms with Crippen LogP contribution in [0.25, 0.3) is 0 Å². The number of benzene rings is 1. The van der Waals surface area contributed by atoms with E-state index in [1.54, 1.807) is 24.5 Å². The first-order valence-corrected chi connectivity index (χ1v) is 4.42. The molecule has 4 heteroatoms. The van der Waals surface area contributed by atoms with Crippen LogP contribution < -0.4 is 4.74 Å². The summed E-state index contributed by atoms with van der Waals surface area (Å²) in [6, 6.07) is 7.22. The van der Waals surface area contributed by atoms with E-state index in [0.717, 1.165) is 0 Å². The zero-order chi connectivity index (χ0) is 9.80. The Hall–Kier alpha value is -1.61. The summed E-state index contributed by atoms with van der Waals surface area (Å²) >= 11 is 5.90. The summed E-state index contributed by atoms with van der Waals surface area (Å²) < 4.78 is 5.40. The summed E-state index contributed by atoms with van der Waals surface area (Å²) in [6.07, 6.45) is 4.68. The third-order valence-corrected chi connectivity index (χ3v) is 1.90. The first kappa shape index (κ1) is 8.97. The van der Waals surface area contributed by atoms with Gasteiger partial charge in [-0.2, -0.15) is 0 Å². The molecule has 1 aromatic carbocycles. The van der Waals surface area contributed by atoms with E-state index in [4.69, 9.17) is 16.3 Å². The van der Waals surface area contributed by atoms with E-state index in [1.807, 2.05) is 12.1 Å². The van der Waals surface area contributed by atoms with Crippen LogP contribution in [0.1, 0.15) is 0 Å². The predicted octanol–water partition coefficient (Wildman–Crippen LogP) is 2.92. The van der Waals surface area contributed by atoms with E-state index < -0.39 is 0 Å². The standard InChI is InChI=1S/C10H7ClN2O/c11-8-3-1-2-4-9(8)14-10-7-12-5-6-13-10/h1-7H. The smallest absolute Gasteiger partial charge is 0.237 e. The van der Waals surface area contributed by atoms with Crippen LogP contribution in [0.3, 0.4) is 0 Å². The summed E-state index contributed by atoms with van der Waals surface area (Å²) in [7, 11) is 0. The van der Waals surface area contributed by atoms with Crippen molar-refractivity contribution in [3.8, 4) is 11.6 Å². The van der Waals surface area contributed by atoms with Crippen LogP contribution in [-0.4, -0.2) is 9.97 Å². The predicted molar refractivity (Wildman–Crippen MR) is 53.6 cm³/mol. The normalized spacial score (nSPS) is 9.79. The lowest BCUT2D eigenvalue weighted by molar-refractivity contribution is 0.460. The van der Waals surface area contributed by atoms with Gasteiger partial charge in [-0.05, 0) is 12.1 Å². The molecule has 0 unspecified atom stereocenters. The van der Waals surface area contributed by atoms with Crippen molar-refractivity contribution in [1.82, 2.24) is 9.97 Å².